The second-order valence-electron chi connectivity index (χ2n) is 8.45. The van der Waals surface area contributed by atoms with Crippen LogP contribution in [-0.4, -0.2) is 82.8 Å². The molecule has 2 saturated heterocycles. The van der Waals surface area contributed by atoms with Crippen molar-refractivity contribution in [1.29, 1.82) is 0 Å². The topological polar surface area (TPSA) is 109 Å². The molecule has 0 aliphatic carbocycles. The first-order valence-electron chi connectivity index (χ1n) is 10.7. The van der Waals surface area contributed by atoms with Gasteiger partial charge in [-0.15, -0.1) is 0 Å². The van der Waals surface area contributed by atoms with Gasteiger partial charge in [0.15, 0.2) is 0 Å². The fourth-order valence-corrected chi connectivity index (χ4v) is 4.61. The zero-order chi connectivity index (χ0) is 24.8. The Bertz CT molecular complexity index is 932. The van der Waals surface area contributed by atoms with Crippen molar-refractivity contribution in [2.24, 2.45) is 11.3 Å². The predicted molar refractivity (Wildman–Crippen MR) is 113 cm³/mol. The Morgan fingerprint density at radius 2 is 2.00 bits per heavy atom. The van der Waals surface area contributed by atoms with E-state index in [1.165, 1.54) is 0 Å². The normalized spacial score (nSPS) is 20.1. The summed E-state index contributed by atoms with van der Waals surface area (Å²) in [6.45, 7) is 5.12. The maximum Gasteiger partial charge on any atom is 0.490 e. The van der Waals surface area contributed by atoms with E-state index >= 15 is 0 Å². The van der Waals surface area contributed by atoms with Gasteiger partial charge in [0.1, 0.15) is 11.5 Å². The number of amides is 1. The molecule has 2 aliphatic rings. The fourth-order valence-electron chi connectivity index (χ4n) is 4.61. The Labute approximate surface area is 194 Å². The first-order valence-corrected chi connectivity index (χ1v) is 10.7. The number of carbonyl (C=O) groups excluding carboxylic acids is 1. The van der Waals surface area contributed by atoms with Crippen molar-refractivity contribution in [1.82, 2.24) is 19.8 Å². The standard InChI is InChI=1S/C20H26N4O3.C2HF3O2/c1-26-14-16-12-23(13-17-3-2-10-27-17)15-20(16)4-8-24(9-5-20)19(25)18-11-21-6-7-22-18;3-2(4,5)1(6)7/h2-3,6-7,10-11,16H,4-5,8-9,12-15H2,1H3;(H,6,7). The van der Waals surface area contributed by atoms with Crippen LogP contribution in [0.3, 0.4) is 0 Å². The summed E-state index contributed by atoms with van der Waals surface area (Å²) in [7, 11) is 1.77. The number of aromatic nitrogens is 2. The zero-order valence-electron chi connectivity index (χ0n) is 18.7. The number of alkyl halides is 3. The van der Waals surface area contributed by atoms with E-state index in [9.17, 15) is 18.0 Å². The van der Waals surface area contributed by atoms with E-state index in [2.05, 4.69) is 14.9 Å². The van der Waals surface area contributed by atoms with Gasteiger partial charge in [0.05, 0.1) is 25.6 Å². The van der Waals surface area contributed by atoms with Crippen LogP contribution in [0.5, 0.6) is 0 Å². The molecule has 1 amide bonds. The van der Waals surface area contributed by atoms with Crippen molar-refractivity contribution in [2.75, 3.05) is 39.9 Å². The van der Waals surface area contributed by atoms with Gasteiger partial charge in [-0.25, -0.2) is 9.78 Å². The summed E-state index contributed by atoms with van der Waals surface area (Å²) in [4.78, 5) is 34.1. The molecule has 2 aromatic rings. The van der Waals surface area contributed by atoms with E-state index < -0.39 is 12.1 Å². The highest BCUT2D eigenvalue weighted by atomic mass is 19.4. The lowest BCUT2D eigenvalue weighted by Gasteiger charge is -2.42. The van der Waals surface area contributed by atoms with Crippen molar-refractivity contribution < 1.29 is 37.0 Å². The van der Waals surface area contributed by atoms with Crippen LogP contribution in [0, 0.1) is 11.3 Å². The number of ether oxygens (including phenoxy) is 1. The minimum absolute atomic E-state index is 0.0216. The molecule has 2 aromatic heterocycles. The number of likely N-dealkylation sites (tertiary alicyclic amines) is 2. The van der Waals surface area contributed by atoms with E-state index in [4.69, 9.17) is 19.1 Å². The average molecular weight is 484 g/mol. The van der Waals surface area contributed by atoms with Crippen molar-refractivity contribution in [3.63, 3.8) is 0 Å². The first-order chi connectivity index (χ1) is 16.1. The molecule has 34 heavy (non-hydrogen) atoms. The van der Waals surface area contributed by atoms with Gasteiger partial charge in [0.2, 0.25) is 0 Å². The Balaban J connectivity index is 0.000000406. The van der Waals surface area contributed by atoms with E-state index in [0.29, 0.717) is 11.6 Å². The molecule has 2 fully saturated rings. The minimum atomic E-state index is -5.08. The molecule has 9 nitrogen and oxygen atoms in total. The molecule has 1 spiro atoms. The van der Waals surface area contributed by atoms with Gasteiger partial charge in [-0.3, -0.25) is 14.7 Å². The number of carboxylic acids is 1. The SMILES string of the molecule is COCC1CN(Cc2ccco2)CC12CCN(C(=O)c1cnccn1)CC2.O=C(O)C(F)(F)F. The van der Waals surface area contributed by atoms with E-state index in [-0.39, 0.29) is 11.3 Å². The maximum absolute atomic E-state index is 12.7. The van der Waals surface area contributed by atoms with Crippen molar-refractivity contribution in [3.8, 4) is 0 Å². The summed E-state index contributed by atoms with van der Waals surface area (Å²) in [5.41, 5.74) is 0.620. The Morgan fingerprint density at radius 1 is 1.29 bits per heavy atom. The summed E-state index contributed by atoms with van der Waals surface area (Å²) in [5.74, 6) is -1.30. The molecule has 1 N–H and O–H groups in total. The van der Waals surface area contributed by atoms with Crippen LogP contribution in [0.15, 0.2) is 41.4 Å². The zero-order valence-corrected chi connectivity index (χ0v) is 18.7. The smallest absolute Gasteiger partial charge is 0.475 e. The second-order valence-corrected chi connectivity index (χ2v) is 8.45. The van der Waals surface area contributed by atoms with Gasteiger partial charge < -0.3 is 19.2 Å². The third-order valence-corrected chi connectivity index (χ3v) is 6.28. The summed E-state index contributed by atoms with van der Waals surface area (Å²) >= 11 is 0. The van der Waals surface area contributed by atoms with Crippen LogP contribution >= 0.6 is 0 Å². The number of nitrogens with zero attached hydrogens (tertiary/aromatic N) is 4. The molecule has 12 heteroatoms. The first kappa shape index (κ1) is 25.6. The molecule has 0 radical (unpaired) electrons. The van der Waals surface area contributed by atoms with Gasteiger partial charge in [-0.2, -0.15) is 13.2 Å². The number of furan rings is 1. The van der Waals surface area contributed by atoms with Gasteiger partial charge in [0, 0.05) is 51.6 Å². The number of hydrogen-bond donors (Lipinski definition) is 1. The average Bonchev–Trinajstić information content (AvgIpc) is 3.43. The molecule has 4 heterocycles. The monoisotopic (exact) mass is 484 g/mol. The lowest BCUT2D eigenvalue weighted by Crippen LogP contribution is -2.47. The number of aliphatic carboxylic acids is 1. The van der Waals surface area contributed by atoms with Gasteiger partial charge in [0.25, 0.3) is 5.91 Å². The molecule has 1 unspecified atom stereocenters. The number of carbonyl (C=O) groups is 2. The number of hydrogen-bond acceptors (Lipinski definition) is 7. The molecule has 0 aromatic carbocycles. The second kappa shape index (κ2) is 11.0. The molecule has 186 valence electrons. The summed E-state index contributed by atoms with van der Waals surface area (Å²) in [6, 6.07) is 3.96. The fraction of sp³-hybridized carbons (Fsp3) is 0.545. The number of piperidine rings is 1. The largest absolute Gasteiger partial charge is 0.490 e. The van der Waals surface area contributed by atoms with Crippen molar-refractivity contribution in [3.05, 3.63) is 48.4 Å². The molecular weight excluding hydrogens is 457 g/mol. The van der Waals surface area contributed by atoms with Crippen LogP contribution in [0.25, 0.3) is 0 Å². The van der Waals surface area contributed by atoms with Crippen molar-refractivity contribution >= 4 is 11.9 Å². The summed E-state index contributed by atoms with van der Waals surface area (Å²) in [5, 5.41) is 7.12. The maximum atomic E-state index is 12.7. The molecule has 2 aliphatic heterocycles. The summed E-state index contributed by atoms with van der Waals surface area (Å²) in [6.07, 6.45) is 3.31. The van der Waals surface area contributed by atoms with Crippen LogP contribution in [0.4, 0.5) is 13.2 Å². The predicted octanol–water partition coefficient (Wildman–Crippen LogP) is 2.70. The third kappa shape index (κ3) is 6.32. The van der Waals surface area contributed by atoms with Crippen LogP contribution in [0.2, 0.25) is 0 Å². The highest BCUT2D eigenvalue weighted by molar-refractivity contribution is 5.92. The molecular formula is C22H27F3N4O5. The van der Waals surface area contributed by atoms with Crippen LogP contribution in [0.1, 0.15) is 29.1 Å². The number of rotatable bonds is 5. The molecule has 1 atom stereocenters. The van der Waals surface area contributed by atoms with E-state index in [1.807, 2.05) is 17.0 Å². The van der Waals surface area contributed by atoms with Crippen LogP contribution < -0.4 is 0 Å². The van der Waals surface area contributed by atoms with E-state index in [1.54, 1.807) is 32.0 Å². The lowest BCUT2D eigenvalue weighted by molar-refractivity contribution is -0.192. The van der Waals surface area contributed by atoms with E-state index in [0.717, 1.165) is 57.9 Å². The highest BCUT2D eigenvalue weighted by Crippen LogP contribution is 2.45. The molecule has 4 rings (SSSR count). The Morgan fingerprint density at radius 3 is 2.53 bits per heavy atom. The van der Waals surface area contributed by atoms with Crippen molar-refractivity contribution in [2.45, 2.75) is 25.6 Å². The van der Waals surface area contributed by atoms with Gasteiger partial charge in [-0.1, -0.05) is 0 Å². The summed E-state index contributed by atoms with van der Waals surface area (Å²) < 4.78 is 42.8. The van der Waals surface area contributed by atoms with Gasteiger partial charge >= 0.3 is 12.1 Å². The number of carboxylic acid groups (broad SMARTS) is 1. The minimum Gasteiger partial charge on any atom is -0.475 e. The quantitative estimate of drug-likeness (QED) is 0.690. The third-order valence-electron chi connectivity index (χ3n) is 6.28. The molecule has 0 bridgehead atoms. The highest BCUT2D eigenvalue weighted by Gasteiger charge is 2.48. The Hall–Kier alpha value is -2.99. The van der Waals surface area contributed by atoms with Gasteiger partial charge in [-0.05, 0) is 30.4 Å². The Kier molecular flexibility index (Phi) is 8.26. The lowest BCUT2D eigenvalue weighted by atomic mass is 9.71. The number of halogens is 3. The van der Waals surface area contributed by atoms with Crippen LogP contribution in [-0.2, 0) is 16.1 Å². The number of methoxy groups -OCH3 is 1. The molecule has 0 saturated carbocycles.